The summed E-state index contributed by atoms with van der Waals surface area (Å²) in [7, 11) is 0. The van der Waals surface area contributed by atoms with E-state index in [0.29, 0.717) is 37.7 Å². The van der Waals surface area contributed by atoms with Crippen LogP contribution in [0.15, 0.2) is 24.6 Å². The second-order valence-electron chi connectivity index (χ2n) is 10.1. The lowest BCUT2D eigenvalue weighted by molar-refractivity contribution is -0.134. The third-order valence-electron chi connectivity index (χ3n) is 6.07. The Bertz CT molecular complexity index is 1020. The van der Waals surface area contributed by atoms with Crippen LogP contribution < -0.4 is 15.5 Å². The number of nitrogens with one attached hydrogen (secondary N) is 2. The lowest BCUT2D eigenvalue weighted by atomic mass is 9.89. The standard InChI is InChI=1S/C24H30F2N4O5/c1-13(34-16-11-30(12-16)23(33)35-24(2,3)4)27-14-9-29(10-14)15-7-18(25)21(19(26)8-15)17-5-6-20(31)28-22(17)32/h7-8,14,16-17,27H,1,5-6,9-12H2,2-4H3,(H,28,31,32). The van der Waals surface area contributed by atoms with Gasteiger partial charge in [-0.2, -0.15) is 0 Å². The van der Waals surface area contributed by atoms with Crippen molar-refractivity contribution in [1.82, 2.24) is 15.5 Å². The molecule has 3 heterocycles. The lowest BCUT2D eigenvalue weighted by Gasteiger charge is -2.43. The second-order valence-corrected chi connectivity index (χ2v) is 10.1. The molecule has 0 radical (unpaired) electrons. The van der Waals surface area contributed by atoms with Crippen molar-refractivity contribution in [3.05, 3.63) is 41.8 Å². The van der Waals surface area contributed by atoms with Crippen molar-refractivity contribution >= 4 is 23.6 Å². The average Bonchev–Trinajstić information content (AvgIpc) is 2.66. The first-order valence-electron chi connectivity index (χ1n) is 11.6. The zero-order chi connectivity index (χ0) is 25.5. The number of rotatable bonds is 6. The van der Waals surface area contributed by atoms with Crippen LogP contribution in [-0.2, 0) is 19.1 Å². The van der Waals surface area contributed by atoms with Gasteiger partial charge in [0.1, 0.15) is 23.3 Å². The van der Waals surface area contributed by atoms with Gasteiger partial charge in [-0.05, 0) is 45.9 Å². The molecular formula is C24H30F2N4O5. The first-order valence-corrected chi connectivity index (χ1v) is 11.6. The summed E-state index contributed by atoms with van der Waals surface area (Å²) in [6.45, 7) is 11.1. The molecule has 0 saturated carbocycles. The van der Waals surface area contributed by atoms with Gasteiger partial charge < -0.3 is 24.6 Å². The van der Waals surface area contributed by atoms with E-state index in [9.17, 15) is 23.2 Å². The predicted octanol–water partition coefficient (Wildman–Crippen LogP) is 2.37. The summed E-state index contributed by atoms with van der Waals surface area (Å²) in [6, 6.07) is 2.40. The fourth-order valence-corrected chi connectivity index (χ4v) is 4.29. The SMILES string of the molecule is C=C(NC1CN(c2cc(F)c(C3CCC(=O)NC3=O)c(F)c2)C1)OC1CN(C(=O)OC(C)(C)C)C1. The lowest BCUT2D eigenvalue weighted by Crippen LogP contribution is -2.59. The molecular weight excluding hydrogens is 462 g/mol. The highest BCUT2D eigenvalue weighted by molar-refractivity contribution is 6.01. The van der Waals surface area contributed by atoms with Crippen LogP contribution >= 0.6 is 0 Å². The van der Waals surface area contributed by atoms with E-state index < -0.39 is 35.0 Å². The minimum absolute atomic E-state index is 0.0227. The van der Waals surface area contributed by atoms with Crippen molar-refractivity contribution in [2.45, 2.75) is 57.3 Å². The summed E-state index contributed by atoms with van der Waals surface area (Å²) in [5, 5.41) is 5.26. The van der Waals surface area contributed by atoms with Gasteiger partial charge in [-0.15, -0.1) is 0 Å². The van der Waals surface area contributed by atoms with Gasteiger partial charge in [-0.25, -0.2) is 13.6 Å². The molecule has 3 aliphatic rings. The van der Waals surface area contributed by atoms with Crippen LogP contribution in [0.4, 0.5) is 19.3 Å². The molecule has 1 unspecified atom stereocenters. The number of benzene rings is 1. The molecule has 3 aliphatic heterocycles. The third kappa shape index (κ3) is 5.66. The Hall–Kier alpha value is -3.37. The van der Waals surface area contributed by atoms with E-state index in [1.807, 2.05) is 20.8 Å². The van der Waals surface area contributed by atoms with Gasteiger partial charge in [0.25, 0.3) is 0 Å². The molecule has 190 valence electrons. The summed E-state index contributed by atoms with van der Waals surface area (Å²) < 4.78 is 40.5. The number of amides is 3. The molecule has 35 heavy (non-hydrogen) atoms. The van der Waals surface area contributed by atoms with Gasteiger partial charge in [0.15, 0.2) is 5.88 Å². The number of carbonyl (C=O) groups excluding carboxylic acids is 3. The Kier molecular flexibility index (Phi) is 6.61. The molecule has 0 aliphatic carbocycles. The predicted molar refractivity (Wildman–Crippen MR) is 122 cm³/mol. The number of imide groups is 1. The van der Waals surface area contributed by atoms with Crippen LogP contribution in [0.1, 0.15) is 45.1 Å². The number of carbonyl (C=O) groups is 3. The van der Waals surface area contributed by atoms with E-state index >= 15 is 0 Å². The molecule has 1 aromatic rings. The minimum atomic E-state index is -1.02. The van der Waals surface area contributed by atoms with Crippen molar-refractivity contribution in [3.8, 4) is 0 Å². The molecule has 0 spiro atoms. The normalized spacial score (nSPS) is 21.1. The molecule has 3 saturated heterocycles. The zero-order valence-electron chi connectivity index (χ0n) is 20.0. The van der Waals surface area contributed by atoms with Crippen molar-refractivity contribution in [2.75, 3.05) is 31.1 Å². The number of nitrogens with zero attached hydrogens (tertiary/aromatic N) is 2. The molecule has 0 bridgehead atoms. The minimum Gasteiger partial charge on any atom is -0.473 e. The number of anilines is 1. The smallest absolute Gasteiger partial charge is 0.410 e. The number of hydrogen-bond acceptors (Lipinski definition) is 7. The largest absolute Gasteiger partial charge is 0.473 e. The van der Waals surface area contributed by atoms with E-state index in [2.05, 4.69) is 17.2 Å². The number of hydrogen-bond donors (Lipinski definition) is 2. The highest BCUT2D eigenvalue weighted by Gasteiger charge is 2.37. The van der Waals surface area contributed by atoms with Crippen LogP contribution in [-0.4, -0.2) is 66.7 Å². The maximum absolute atomic E-state index is 14.7. The number of ether oxygens (including phenoxy) is 2. The van der Waals surface area contributed by atoms with Crippen LogP contribution in [0.2, 0.25) is 0 Å². The van der Waals surface area contributed by atoms with Crippen molar-refractivity contribution in [2.24, 2.45) is 0 Å². The quantitative estimate of drug-likeness (QED) is 0.465. The van der Waals surface area contributed by atoms with Crippen molar-refractivity contribution < 1.29 is 32.6 Å². The van der Waals surface area contributed by atoms with E-state index in [1.165, 1.54) is 12.1 Å². The third-order valence-corrected chi connectivity index (χ3v) is 6.07. The number of piperidine rings is 1. The fraction of sp³-hybridized carbons (Fsp3) is 0.542. The summed E-state index contributed by atoms with van der Waals surface area (Å²) in [6.07, 6.45) is -0.440. The fourth-order valence-electron chi connectivity index (χ4n) is 4.29. The van der Waals surface area contributed by atoms with Crippen molar-refractivity contribution in [3.63, 3.8) is 0 Å². The molecule has 1 aromatic carbocycles. The first kappa shape index (κ1) is 24.7. The van der Waals surface area contributed by atoms with Gasteiger partial charge in [-0.3, -0.25) is 14.9 Å². The van der Waals surface area contributed by atoms with Crippen LogP contribution in [0, 0.1) is 11.6 Å². The van der Waals surface area contributed by atoms with Gasteiger partial charge in [0.2, 0.25) is 11.8 Å². The highest BCUT2D eigenvalue weighted by atomic mass is 19.1. The van der Waals surface area contributed by atoms with Crippen LogP contribution in [0.25, 0.3) is 0 Å². The Balaban J connectivity index is 1.23. The Labute approximate surface area is 202 Å². The monoisotopic (exact) mass is 492 g/mol. The Morgan fingerprint density at radius 1 is 1.14 bits per heavy atom. The zero-order valence-corrected chi connectivity index (χ0v) is 20.0. The van der Waals surface area contributed by atoms with Crippen molar-refractivity contribution in [1.29, 1.82) is 0 Å². The Morgan fingerprint density at radius 2 is 1.77 bits per heavy atom. The van der Waals surface area contributed by atoms with Gasteiger partial charge >= 0.3 is 6.09 Å². The van der Waals surface area contributed by atoms with Gasteiger partial charge in [0.05, 0.1) is 25.0 Å². The maximum atomic E-state index is 14.7. The Morgan fingerprint density at radius 3 is 2.34 bits per heavy atom. The first-order chi connectivity index (χ1) is 16.4. The van der Waals surface area contributed by atoms with E-state index in [-0.39, 0.29) is 36.6 Å². The summed E-state index contributed by atoms with van der Waals surface area (Å²) >= 11 is 0. The average molecular weight is 493 g/mol. The molecule has 4 rings (SSSR count). The molecule has 3 fully saturated rings. The molecule has 3 amide bonds. The van der Waals surface area contributed by atoms with E-state index in [4.69, 9.17) is 9.47 Å². The molecule has 11 heteroatoms. The van der Waals surface area contributed by atoms with Crippen LogP contribution in [0.5, 0.6) is 0 Å². The molecule has 1 atom stereocenters. The summed E-state index contributed by atoms with van der Waals surface area (Å²) in [5.41, 5.74) is -0.495. The maximum Gasteiger partial charge on any atom is 0.410 e. The van der Waals surface area contributed by atoms with Gasteiger partial charge in [-0.1, -0.05) is 0 Å². The summed E-state index contributed by atoms with van der Waals surface area (Å²) in [4.78, 5) is 38.7. The van der Waals surface area contributed by atoms with Gasteiger partial charge in [0, 0.05) is 30.8 Å². The number of likely N-dealkylation sites (tertiary alicyclic amines) is 1. The van der Waals surface area contributed by atoms with E-state index in [1.54, 1.807) is 9.80 Å². The number of halogens is 2. The van der Waals surface area contributed by atoms with Crippen LogP contribution in [0.3, 0.4) is 0 Å². The topological polar surface area (TPSA) is 100 Å². The molecule has 0 aromatic heterocycles. The molecule has 9 nitrogen and oxygen atoms in total. The highest BCUT2D eigenvalue weighted by Crippen LogP contribution is 2.33. The summed E-state index contributed by atoms with van der Waals surface area (Å²) in [5.74, 6) is -3.39. The molecule has 2 N–H and O–H groups in total. The van der Waals surface area contributed by atoms with E-state index in [0.717, 1.165) is 0 Å². The second kappa shape index (κ2) is 9.35.